The van der Waals surface area contributed by atoms with E-state index in [9.17, 15) is 8.42 Å². The Morgan fingerprint density at radius 2 is 2.00 bits per heavy atom. The minimum Gasteiger partial charge on any atom is -0.380 e. The fourth-order valence-corrected chi connectivity index (χ4v) is 3.58. The van der Waals surface area contributed by atoms with Crippen molar-refractivity contribution < 1.29 is 13.2 Å². The van der Waals surface area contributed by atoms with Gasteiger partial charge >= 0.3 is 0 Å². The maximum atomic E-state index is 12.7. The molecule has 1 aromatic rings. The number of ether oxygens (including phenoxy) is 1. The van der Waals surface area contributed by atoms with Crippen molar-refractivity contribution in [1.29, 1.82) is 0 Å². The van der Waals surface area contributed by atoms with E-state index in [-0.39, 0.29) is 0 Å². The number of benzene rings is 1. The molecule has 0 aliphatic carbocycles. The van der Waals surface area contributed by atoms with E-state index in [1.807, 2.05) is 33.9 Å². The van der Waals surface area contributed by atoms with Crippen LogP contribution in [0.1, 0.15) is 25.0 Å². The van der Waals surface area contributed by atoms with Gasteiger partial charge in [0.15, 0.2) is 0 Å². The molecule has 0 radical (unpaired) electrons. The first-order valence-corrected chi connectivity index (χ1v) is 8.73. The Bertz CT molecular complexity index is 544. The minimum atomic E-state index is -3.46. The van der Waals surface area contributed by atoms with Crippen molar-refractivity contribution in [2.24, 2.45) is 0 Å². The summed E-state index contributed by atoms with van der Waals surface area (Å²) < 4.78 is 32.1. The number of likely N-dealkylation sites (N-methyl/N-ethyl adjacent to an activating group) is 1. The van der Waals surface area contributed by atoms with Crippen molar-refractivity contribution in [3.63, 3.8) is 0 Å². The Hall–Kier alpha value is -0.950. The van der Waals surface area contributed by atoms with Gasteiger partial charge in [0.25, 0.3) is 0 Å². The van der Waals surface area contributed by atoms with Crippen molar-refractivity contribution in [2.45, 2.75) is 32.2 Å². The average molecular weight is 314 g/mol. The van der Waals surface area contributed by atoms with E-state index in [1.165, 1.54) is 4.31 Å². The third-order valence-electron chi connectivity index (χ3n) is 3.37. The van der Waals surface area contributed by atoms with Crippen molar-refractivity contribution in [3.8, 4) is 0 Å². The SMILES string of the molecule is CCOCCN(CC)S(=O)(=O)c1ccc(C)c(CNC)c1. The summed E-state index contributed by atoms with van der Waals surface area (Å²) in [6.45, 7) is 8.19. The zero-order valence-corrected chi connectivity index (χ0v) is 14.2. The molecule has 0 fully saturated rings. The van der Waals surface area contributed by atoms with Crippen molar-refractivity contribution in [2.75, 3.05) is 33.4 Å². The van der Waals surface area contributed by atoms with E-state index in [2.05, 4.69) is 5.32 Å². The first-order chi connectivity index (χ1) is 9.97. The Kier molecular flexibility index (Phi) is 7.31. The van der Waals surface area contributed by atoms with E-state index in [1.54, 1.807) is 12.1 Å². The molecule has 0 aliphatic rings. The highest BCUT2D eigenvalue weighted by molar-refractivity contribution is 7.89. The van der Waals surface area contributed by atoms with Crippen LogP contribution in [-0.2, 0) is 21.3 Å². The molecule has 6 heteroatoms. The van der Waals surface area contributed by atoms with E-state index in [0.717, 1.165) is 11.1 Å². The lowest BCUT2D eigenvalue weighted by atomic mass is 10.1. The fourth-order valence-electron chi connectivity index (χ4n) is 2.10. The van der Waals surface area contributed by atoms with Gasteiger partial charge in [-0.15, -0.1) is 0 Å². The topological polar surface area (TPSA) is 58.6 Å². The molecule has 1 N–H and O–H groups in total. The van der Waals surface area contributed by atoms with Crippen LogP contribution in [0.4, 0.5) is 0 Å². The number of sulfonamides is 1. The van der Waals surface area contributed by atoms with Gasteiger partial charge < -0.3 is 10.1 Å². The van der Waals surface area contributed by atoms with Gasteiger partial charge in [0.05, 0.1) is 11.5 Å². The monoisotopic (exact) mass is 314 g/mol. The lowest BCUT2D eigenvalue weighted by molar-refractivity contribution is 0.135. The van der Waals surface area contributed by atoms with Crippen molar-refractivity contribution in [1.82, 2.24) is 9.62 Å². The van der Waals surface area contributed by atoms with Crippen LogP contribution in [0.15, 0.2) is 23.1 Å². The third kappa shape index (κ3) is 4.78. The molecule has 120 valence electrons. The predicted octanol–water partition coefficient (Wildman–Crippen LogP) is 1.76. The van der Waals surface area contributed by atoms with Crippen LogP contribution in [0.3, 0.4) is 0 Å². The number of nitrogens with one attached hydrogen (secondary N) is 1. The third-order valence-corrected chi connectivity index (χ3v) is 5.34. The molecule has 0 aliphatic heterocycles. The van der Waals surface area contributed by atoms with Gasteiger partial charge in [-0.3, -0.25) is 0 Å². The van der Waals surface area contributed by atoms with Crippen LogP contribution >= 0.6 is 0 Å². The van der Waals surface area contributed by atoms with Crippen LogP contribution in [0.2, 0.25) is 0 Å². The molecule has 5 nitrogen and oxygen atoms in total. The Morgan fingerprint density at radius 1 is 1.29 bits per heavy atom. The number of aryl methyl sites for hydroxylation is 1. The van der Waals surface area contributed by atoms with Gasteiger partial charge in [-0.25, -0.2) is 8.42 Å². The summed E-state index contributed by atoms with van der Waals surface area (Å²) >= 11 is 0. The molecule has 0 bridgehead atoms. The first kappa shape index (κ1) is 18.1. The zero-order valence-electron chi connectivity index (χ0n) is 13.3. The van der Waals surface area contributed by atoms with Gasteiger partial charge in [0.1, 0.15) is 0 Å². The predicted molar refractivity (Wildman–Crippen MR) is 84.9 cm³/mol. The van der Waals surface area contributed by atoms with E-state index < -0.39 is 10.0 Å². The summed E-state index contributed by atoms with van der Waals surface area (Å²) in [6, 6.07) is 5.29. The van der Waals surface area contributed by atoms with Gasteiger partial charge in [-0.05, 0) is 44.2 Å². The second-order valence-electron chi connectivity index (χ2n) is 4.81. The molecule has 0 unspecified atom stereocenters. The molecular weight excluding hydrogens is 288 g/mol. The number of hydrogen-bond donors (Lipinski definition) is 1. The number of nitrogens with zero attached hydrogens (tertiary/aromatic N) is 1. The average Bonchev–Trinajstić information content (AvgIpc) is 2.45. The molecule has 0 atom stereocenters. The summed E-state index contributed by atoms with van der Waals surface area (Å²) in [7, 11) is -1.62. The van der Waals surface area contributed by atoms with Crippen LogP contribution < -0.4 is 5.32 Å². The first-order valence-electron chi connectivity index (χ1n) is 7.29. The quantitative estimate of drug-likeness (QED) is 0.706. The zero-order chi connectivity index (χ0) is 15.9. The molecule has 0 heterocycles. The van der Waals surface area contributed by atoms with Gasteiger partial charge in [-0.1, -0.05) is 13.0 Å². The molecule has 0 spiro atoms. The van der Waals surface area contributed by atoms with Gasteiger partial charge in [0.2, 0.25) is 10.0 Å². The highest BCUT2D eigenvalue weighted by Crippen LogP contribution is 2.19. The van der Waals surface area contributed by atoms with Crippen LogP contribution in [-0.4, -0.2) is 46.1 Å². The summed E-state index contributed by atoms with van der Waals surface area (Å²) in [6.07, 6.45) is 0. The standard InChI is InChI=1S/C15H26N2O3S/c1-5-17(9-10-20-6-2)21(18,19)15-8-7-13(3)14(11-15)12-16-4/h7-8,11,16H,5-6,9-10,12H2,1-4H3. The largest absolute Gasteiger partial charge is 0.380 e. The van der Waals surface area contributed by atoms with E-state index in [0.29, 0.717) is 37.7 Å². The molecule has 1 aromatic carbocycles. The second-order valence-corrected chi connectivity index (χ2v) is 6.75. The molecule has 21 heavy (non-hydrogen) atoms. The maximum absolute atomic E-state index is 12.7. The van der Waals surface area contributed by atoms with Crippen LogP contribution in [0.5, 0.6) is 0 Å². The number of rotatable bonds is 9. The van der Waals surface area contributed by atoms with Crippen molar-refractivity contribution >= 4 is 10.0 Å². The summed E-state index contributed by atoms with van der Waals surface area (Å²) in [5, 5.41) is 3.06. The summed E-state index contributed by atoms with van der Waals surface area (Å²) in [5.74, 6) is 0. The highest BCUT2D eigenvalue weighted by Gasteiger charge is 2.23. The smallest absolute Gasteiger partial charge is 0.243 e. The Morgan fingerprint density at radius 3 is 2.57 bits per heavy atom. The Labute approximate surface area is 128 Å². The Balaban J connectivity index is 3.02. The summed E-state index contributed by atoms with van der Waals surface area (Å²) in [4.78, 5) is 0.344. The molecule has 0 aromatic heterocycles. The minimum absolute atomic E-state index is 0.344. The van der Waals surface area contributed by atoms with E-state index in [4.69, 9.17) is 4.74 Å². The molecule has 0 saturated heterocycles. The van der Waals surface area contributed by atoms with Gasteiger partial charge in [-0.2, -0.15) is 4.31 Å². The maximum Gasteiger partial charge on any atom is 0.243 e. The highest BCUT2D eigenvalue weighted by atomic mass is 32.2. The lowest BCUT2D eigenvalue weighted by Gasteiger charge is -2.21. The number of hydrogen-bond acceptors (Lipinski definition) is 4. The molecule has 0 amide bonds. The van der Waals surface area contributed by atoms with Gasteiger partial charge in [0, 0.05) is 26.2 Å². The normalized spacial score (nSPS) is 12.0. The van der Waals surface area contributed by atoms with Crippen LogP contribution in [0.25, 0.3) is 0 Å². The van der Waals surface area contributed by atoms with Crippen molar-refractivity contribution in [3.05, 3.63) is 29.3 Å². The lowest BCUT2D eigenvalue weighted by Crippen LogP contribution is -2.34. The molecular formula is C15H26N2O3S. The molecule has 0 saturated carbocycles. The van der Waals surface area contributed by atoms with Crippen LogP contribution in [0, 0.1) is 6.92 Å². The van der Waals surface area contributed by atoms with E-state index >= 15 is 0 Å². The molecule has 1 rings (SSSR count). The summed E-state index contributed by atoms with van der Waals surface area (Å²) in [5.41, 5.74) is 2.08. The fraction of sp³-hybridized carbons (Fsp3) is 0.600. The second kappa shape index (κ2) is 8.48.